The first-order valence-corrected chi connectivity index (χ1v) is 9.13. The van der Waals surface area contributed by atoms with Gasteiger partial charge in [-0.1, -0.05) is 48.5 Å². The van der Waals surface area contributed by atoms with Gasteiger partial charge in [0.15, 0.2) is 0 Å². The average molecular weight is 359 g/mol. The minimum atomic E-state index is -0.149. The van der Waals surface area contributed by atoms with E-state index >= 15 is 0 Å². The van der Waals surface area contributed by atoms with Crippen molar-refractivity contribution in [2.75, 3.05) is 6.54 Å². The Morgan fingerprint density at radius 1 is 1.07 bits per heavy atom. The molecule has 0 radical (unpaired) electrons. The second-order valence-electron chi connectivity index (χ2n) is 6.88. The number of fused-ring (bicyclic) bond motifs is 1. The van der Waals surface area contributed by atoms with E-state index in [2.05, 4.69) is 34.6 Å². The molecule has 27 heavy (non-hydrogen) atoms. The van der Waals surface area contributed by atoms with Gasteiger partial charge in [-0.2, -0.15) is 0 Å². The lowest BCUT2D eigenvalue weighted by Crippen LogP contribution is -2.38. The van der Waals surface area contributed by atoms with Gasteiger partial charge in [-0.05, 0) is 28.5 Å². The Labute approximate surface area is 158 Å². The third kappa shape index (κ3) is 3.97. The lowest BCUT2D eigenvalue weighted by molar-refractivity contribution is -0.128. The molecule has 136 valence electrons. The fourth-order valence-corrected chi connectivity index (χ4v) is 3.60. The molecule has 5 nitrogen and oxygen atoms in total. The van der Waals surface area contributed by atoms with Gasteiger partial charge in [0.05, 0.1) is 12.5 Å². The number of amides is 2. The Balaban J connectivity index is 1.39. The van der Waals surface area contributed by atoms with Gasteiger partial charge in [0.25, 0.3) is 0 Å². The summed E-state index contributed by atoms with van der Waals surface area (Å²) in [5.41, 5.74) is 1.86. The van der Waals surface area contributed by atoms with Gasteiger partial charge in [0, 0.05) is 31.4 Å². The number of carbonyl (C=O) groups excluding carboxylic acids is 2. The molecule has 0 saturated carbocycles. The molecule has 1 N–H and O–H groups in total. The van der Waals surface area contributed by atoms with E-state index in [0.29, 0.717) is 19.5 Å². The van der Waals surface area contributed by atoms with Crippen molar-refractivity contribution >= 4 is 22.6 Å². The summed E-state index contributed by atoms with van der Waals surface area (Å²) in [4.78, 5) is 30.7. The lowest BCUT2D eigenvalue weighted by atomic mass is 10.0. The van der Waals surface area contributed by atoms with Crippen molar-refractivity contribution in [1.82, 2.24) is 15.2 Å². The molecule has 4 rings (SSSR count). The Morgan fingerprint density at radius 2 is 1.89 bits per heavy atom. The molecular weight excluding hydrogens is 338 g/mol. The van der Waals surface area contributed by atoms with Crippen LogP contribution in [0.4, 0.5) is 0 Å². The summed E-state index contributed by atoms with van der Waals surface area (Å²) in [6.45, 7) is 1.10. The van der Waals surface area contributed by atoms with Crippen molar-refractivity contribution in [3.8, 4) is 0 Å². The minimum absolute atomic E-state index is 0.0751. The van der Waals surface area contributed by atoms with Gasteiger partial charge >= 0.3 is 0 Å². The first-order valence-electron chi connectivity index (χ1n) is 9.13. The van der Waals surface area contributed by atoms with Crippen LogP contribution in [0.1, 0.15) is 17.7 Å². The number of aromatic nitrogens is 1. The van der Waals surface area contributed by atoms with Crippen LogP contribution in [0, 0.1) is 0 Å². The topological polar surface area (TPSA) is 62.3 Å². The van der Waals surface area contributed by atoms with Crippen molar-refractivity contribution in [3.63, 3.8) is 0 Å². The van der Waals surface area contributed by atoms with E-state index in [-0.39, 0.29) is 24.3 Å². The SMILES string of the molecule is O=C(Cc1ccccn1)N[C@@H]1CC(=O)N(Cc2cccc3ccccc23)C1. The summed E-state index contributed by atoms with van der Waals surface area (Å²) in [6.07, 6.45) is 2.25. The molecule has 5 heteroatoms. The second kappa shape index (κ2) is 7.58. The van der Waals surface area contributed by atoms with E-state index < -0.39 is 0 Å². The zero-order valence-corrected chi connectivity index (χ0v) is 15.0. The predicted molar refractivity (Wildman–Crippen MR) is 104 cm³/mol. The van der Waals surface area contributed by atoms with Crippen molar-refractivity contribution in [2.24, 2.45) is 0 Å². The average Bonchev–Trinajstić information content (AvgIpc) is 3.01. The summed E-state index contributed by atoms with van der Waals surface area (Å²) in [6, 6.07) is 19.7. The lowest BCUT2D eigenvalue weighted by Gasteiger charge is -2.18. The third-order valence-electron chi connectivity index (χ3n) is 4.89. The molecular formula is C22H21N3O2. The van der Waals surface area contributed by atoms with E-state index in [0.717, 1.165) is 16.6 Å². The third-order valence-corrected chi connectivity index (χ3v) is 4.89. The largest absolute Gasteiger partial charge is 0.351 e. The van der Waals surface area contributed by atoms with Crippen molar-refractivity contribution in [1.29, 1.82) is 0 Å². The molecule has 0 aliphatic carbocycles. The number of hydrogen-bond acceptors (Lipinski definition) is 3. The maximum atomic E-state index is 12.4. The van der Waals surface area contributed by atoms with Crippen LogP contribution in [0.5, 0.6) is 0 Å². The summed E-state index contributed by atoms with van der Waals surface area (Å²) in [7, 11) is 0. The molecule has 2 aromatic carbocycles. The van der Waals surface area contributed by atoms with Crippen molar-refractivity contribution in [3.05, 3.63) is 78.1 Å². The van der Waals surface area contributed by atoms with E-state index in [1.54, 1.807) is 6.20 Å². The van der Waals surface area contributed by atoms with Crippen LogP contribution < -0.4 is 5.32 Å². The zero-order chi connectivity index (χ0) is 18.6. The summed E-state index contributed by atoms with van der Waals surface area (Å²) in [5.74, 6) is -0.0235. The van der Waals surface area contributed by atoms with Gasteiger partial charge in [-0.15, -0.1) is 0 Å². The second-order valence-corrected chi connectivity index (χ2v) is 6.88. The number of benzene rings is 2. The van der Waals surface area contributed by atoms with Crippen LogP contribution in [-0.4, -0.2) is 34.3 Å². The molecule has 1 aliphatic rings. The molecule has 1 aliphatic heterocycles. The first kappa shape index (κ1) is 17.2. The van der Waals surface area contributed by atoms with Crippen LogP contribution in [-0.2, 0) is 22.6 Å². The van der Waals surface area contributed by atoms with Gasteiger partial charge < -0.3 is 10.2 Å². The van der Waals surface area contributed by atoms with Crippen LogP contribution >= 0.6 is 0 Å². The van der Waals surface area contributed by atoms with Crippen molar-refractivity contribution in [2.45, 2.75) is 25.4 Å². The quantitative estimate of drug-likeness (QED) is 0.762. The van der Waals surface area contributed by atoms with Crippen LogP contribution in [0.2, 0.25) is 0 Å². The van der Waals surface area contributed by atoms with Gasteiger partial charge in [0.2, 0.25) is 11.8 Å². The molecule has 0 unspecified atom stereocenters. The first-order chi connectivity index (χ1) is 13.2. The number of carbonyl (C=O) groups is 2. The van der Waals surface area contributed by atoms with Crippen LogP contribution in [0.15, 0.2) is 66.9 Å². The molecule has 1 fully saturated rings. The Kier molecular flexibility index (Phi) is 4.83. The maximum absolute atomic E-state index is 12.4. The number of rotatable bonds is 5. The highest BCUT2D eigenvalue weighted by Gasteiger charge is 2.30. The molecule has 2 amide bonds. The van der Waals surface area contributed by atoms with Gasteiger partial charge in [-0.25, -0.2) is 0 Å². The summed E-state index contributed by atoms with van der Waals surface area (Å²) >= 11 is 0. The highest BCUT2D eigenvalue weighted by molar-refractivity contribution is 5.87. The zero-order valence-electron chi connectivity index (χ0n) is 15.0. The molecule has 0 bridgehead atoms. The molecule has 1 atom stereocenters. The van der Waals surface area contributed by atoms with E-state index in [1.807, 2.05) is 41.3 Å². The monoisotopic (exact) mass is 359 g/mol. The number of nitrogens with zero attached hydrogens (tertiary/aromatic N) is 2. The molecule has 1 aromatic heterocycles. The molecule has 2 heterocycles. The van der Waals surface area contributed by atoms with Crippen LogP contribution in [0.3, 0.4) is 0 Å². The fraction of sp³-hybridized carbons (Fsp3) is 0.227. The van der Waals surface area contributed by atoms with E-state index in [9.17, 15) is 9.59 Å². The van der Waals surface area contributed by atoms with Crippen molar-refractivity contribution < 1.29 is 9.59 Å². The van der Waals surface area contributed by atoms with E-state index in [4.69, 9.17) is 0 Å². The van der Waals surface area contributed by atoms with Gasteiger partial charge in [-0.3, -0.25) is 14.6 Å². The Bertz CT molecular complexity index is 966. The maximum Gasteiger partial charge on any atom is 0.226 e. The fourth-order valence-electron chi connectivity index (χ4n) is 3.60. The summed E-state index contributed by atoms with van der Waals surface area (Å²) in [5, 5.41) is 5.30. The molecule has 3 aromatic rings. The normalized spacial score (nSPS) is 16.7. The highest BCUT2D eigenvalue weighted by Crippen LogP contribution is 2.22. The standard InChI is InChI=1S/C22H21N3O2/c26-21(12-18-9-3-4-11-23-18)24-19-13-22(27)25(15-19)14-17-8-5-7-16-6-1-2-10-20(16)17/h1-11,19H,12-15H2,(H,24,26)/t19-/m1/s1. The smallest absolute Gasteiger partial charge is 0.226 e. The number of pyridine rings is 1. The predicted octanol–water partition coefficient (Wildman–Crippen LogP) is 2.69. The Morgan fingerprint density at radius 3 is 2.74 bits per heavy atom. The number of likely N-dealkylation sites (tertiary alicyclic amines) is 1. The molecule has 0 spiro atoms. The number of nitrogens with one attached hydrogen (secondary N) is 1. The highest BCUT2D eigenvalue weighted by atomic mass is 16.2. The molecule has 1 saturated heterocycles. The summed E-state index contributed by atoms with van der Waals surface area (Å²) < 4.78 is 0. The van der Waals surface area contributed by atoms with Crippen LogP contribution in [0.25, 0.3) is 10.8 Å². The Hall–Kier alpha value is -3.21. The van der Waals surface area contributed by atoms with E-state index in [1.165, 1.54) is 5.39 Å². The minimum Gasteiger partial charge on any atom is -0.351 e. The number of hydrogen-bond donors (Lipinski definition) is 1. The van der Waals surface area contributed by atoms with Gasteiger partial charge in [0.1, 0.15) is 0 Å².